The smallest absolute Gasteiger partial charge is 0.231 e. The Hall–Kier alpha value is -1.59. The van der Waals surface area contributed by atoms with Crippen LogP contribution in [-0.4, -0.2) is 40.6 Å². The molecule has 1 fully saturated rings. The highest BCUT2D eigenvalue weighted by Gasteiger charge is 2.17. The van der Waals surface area contributed by atoms with E-state index in [1.165, 1.54) is 12.8 Å². The van der Waals surface area contributed by atoms with Crippen LogP contribution in [0.25, 0.3) is 0 Å². The van der Waals surface area contributed by atoms with Crippen LogP contribution < -0.4 is 15.5 Å². The molecule has 0 aromatic carbocycles. The van der Waals surface area contributed by atoms with Crippen LogP contribution in [0.2, 0.25) is 0 Å². The molecule has 0 saturated carbocycles. The first kappa shape index (κ1) is 14.8. The summed E-state index contributed by atoms with van der Waals surface area (Å²) in [6.45, 7) is 9.29. The lowest BCUT2D eigenvalue weighted by Crippen LogP contribution is -2.24. The summed E-state index contributed by atoms with van der Waals surface area (Å²) < 4.78 is 0. The van der Waals surface area contributed by atoms with Gasteiger partial charge < -0.3 is 15.5 Å². The third kappa shape index (κ3) is 3.95. The molecule has 1 aromatic rings. The molecule has 0 bridgehead atoms. The molecule has 6 heteroatoms. The normalized spacial score (nSPS) is 16.2. The highest BCUT2D eigenvalue weighted by atomic mass is 15.3. The lowest BCUT2D eigenvalue weighted by atomic mass is 10.2. The monoisotopic (exact) mass is 278 g/mol. The van der Waals surface area contributed by atoms with Gasteiger partial charge in [0.15, 0.2) is 0 Å². The van der Waals surface area contributed by atoms with E-state index >= 15 is 0 Å². The minimum absolute atomic E-state index is 0.378. The Kier molecular flexibility index (Phi) is 5.38. The number of anilines is 3. The van der Waals surface area contributed by atoms with E-state index in [2.05, 4.69) is 44.3 Å². The van der Waals surface area contributed by atoms with Crippen molar-refractivity contribution in [2.75, 3.05) is 35.2 Å². The molecule has 6 nitrogen and oxygen atoms in total. The Bertz CT molecular complexity index is 416. The molecule has 1 atom stereocenters. The van der Waals surface area contributed by atoms with Crippen molar-refractivity contribution in [3.63, 3.8) is 0 Å². The van der Waals surface area contributed by atoms with Crippen LogP contribution in [0.1, 0.15) is 46.5 Å². The molecular weight excluding hydrogens is 252 g/mol. The second-order valence-electron chi connectivity index (χ2n) is 5.34. The summed E-state index contributed by atoms with van der Waals surface area (Å²) in [5.74, 6) is 2.13. The van der Waals surface area contributed by atoms with E-state index in [-0.39, 0.29) is 0 Å². The standard InChI is InChI=1S/C14H26N6/c1-4-8-11(3)16-13-17-12(15-5-2)18-14(19-13)20-9-6-7-10-20/h11H,4-10H2,1-3H3,(H2,15,16,17,18,19). The summed E-state index contributed by atoms with van der Waals surface area (Å²) in [6.07, 6.45) is 4.70. The summed E-state index contributed by atoms with van der Waals surface area (Å²) in [4.78, 5) is 15.8. The first-order chi connectivity index (χ1) is 9.72. The molecule has 1 aliphatic heterocycles. The molecule has 2 heterocycles. The Labute approximate surface area is 121 Å². The van der Waals surface area contributed by atoms with E-state index in [4.69, 9.17) is 0 Å². The highest BCUT2D eigenvalue weighted by Crippen LogP contribution is 2.19. The third-order valence-corrected chi connectivity index (χ3v) is 3.44. The summed E-state index contributed by atoms with van der Waals surface area (Å²) in [7, 11) is 0. The van der Waals surface area contributed by atoms with E-state index in [9.17, 15) is 0 Å². The first-order valence-corrected chi connectivity index (χ1v) is 7.74. The summed E-state index contributed by atoms with van der Waals surface area (Å²) in [5.41, 5.74) is 0. The molecule has 112 valence electrons. The molecule has 1 unspecified atom stereocenters. The predicted octanol–water partition coefficient (Wildman–Crippen LogP) is 2.50. The largest absolute Gasteiger partial charge is 0.354 e. The van der Waals surface area contributed by atoms with Crippen molar-refractivity contribution in [3.8, 4) is 0 Å². The third-order valence-electron chi connectivity index (χ3n) is 3.44. The maximum Gasteiger partial charge on any atom is 0.231 e. The lowest BCUT2D eigenvalue weighted by molar-refractivity contribution is 0.682. The van der Waals surface area contributed by atoms with Crippen LogP contribution in [0.15, 0.2) is 0 Å². The van der Waals surface area contributed by atoms with Gasteiger partial charge in [0.25, 0.3) is 0 Å². The van der Waals surface area contributed by atoms with Gasteiger partial charge in [-0.2, -0.15) is 15.0 Å². The van der Waals surface area contributed by atoms with Crippen LogP contribution in [0.4, 0.5) is 17.8 Å². The average Bonchev–Trinajstić information content (AvgIpc) is 2.93. The van der Waals surface area contributed by atoms with E-state index in [1.807, 2.05) is 6.92 Å². The van der Waals surface area contributed by atoms with E-state index in [1.54, 1.807) is 0 Å². The number of nitrogens with zero attached hydrogens (tertiary/aromatic N) is 4. The number of hydrogen-bond acceptors (Lipinski definition) is 6. The second kappa shape index (κ2) is 7.26. The van der Waals surface area contributed by atoms with Crippen molar-refractivity contribution in [1.29, 1.82) is 0 Å². The SMILES string of the molecule is CCCC(C)Nc1nc(NCC)nc(N2CCCC2)n1. The van der Waals surface area contributed by atoms with Gasteiger partial charge in [-0.05, 0) is 33.1 Å². The molecule has 0 amide bonds. The minimum Gasteiger partial charge on any atom is -0.354 e. The molecule has 20 heavy (non-hydrogen) atoms. The molecule has 2 rings (SSSR count). The van der Waals surface area contributed by atoms with Gasteiger partial charge in [-0.15, -0.1) is 0 Å². The van der Waals surface area contributed by atoms with Gasteiger partial charge in [0.2, 0.25) is 17.8 Å². The molecule has 1 aliphatic rings. The van der Waals surface area contributed by atoms with Gasteiger partial charge in [0.1, 0.15) is 0 Å². The number of aromatic nitrogens is 3. The lowest BCUT2D eigenvalue weighted by Gasteiger charge is -2.18. The molecule has 0 spiro atoms. The summed E-state index contributed by atoms with van der Waals surface area (Å²) in [5, 5.41) is 6.56. The first-order valence-electron chi connectivity index (χ1n) is 7.74. The topological polar surface area (TPSA) is 66.0 Å². The number of hydrogen-bond donors (Lipinski definition) is 2. The Morgan fingerprint density at radius 1 is 1.10 bits per heavy atom. The van der Waals surface area contributed by atoms with Gasteiger partial charge in [-0.1, -0.05) is 13.3 Å². The maximum absolute atomic E-state index is 4.57. The van der Waals surface area contributed by atoms with Crippen molar-refractivity contribution in [1.82, 2.24) is 15.0 Å². The Morgan fingerprint density at radius 3 is 2.45 bits per heavy atom. The minimum atomic E-state index is 0.378. The molecule has 1 aromatic heterocycles. The second-order valence-corrected chi connectivity index (χ2v) is 5.34. The van der Waals surface area contributed by atoms with Crippen LogP contribution in [-0.2, 0) is 0 Å². The summed E-state index contributed by atoms with van der Waals surface area (Å²) >= 11 is 0. The van der Waals surface area contributed by atoms with Crippen molar-refractivity contribution in [2.24, 2.45) is 0 Å². The highest BCUT2D eigenvalue weighted by molar-refractivity contribution is 5.44. The fourth-order valence-electron chi connectivity index (χ4n) is 2.45. The van der Waals surface area contributed by atoms with Crippen molar-refractivity contribution in [2.45, 2.75) is 52.5 Å². The zero-order valence-electron chi connectivity index (χ0n) is 12.8. The molecular formula is C14H26N6. The van der Waals surface area contributed by atoms with E-state index in [0.717, 1.165) is 38.4 Å². The Balaban J connectivity index is 2.16. The molecule has 0 aliphatic carbocycles. The molecule has 2 N–H and O–H groups in total. The fraction of sp³-hybridized carbons (Fsp3) is 0.786. The van der Waals surface area contributed by atoms with Gasteiger partial charge in [0, 0.05) is 25.7 Å². The zero-order chi connectivity index (χ0) is 14.4. The molecule has 0 radical (unpaired) electrons. The average molecular weight is 278 g/mol. The van der Waals surface area contributed by atoms with Crippen molar-refractivity contribution < 1.29 is 0 Å². The van der Waals surface area contributed by atoms with E-state index < -0.39 is 0 Å². The van der Waals surface area contributed by atoms with Crippen LogP contribution in [0.3, 0.4) is 0 Å². The number of rotatable bonds is 7. The quantitative estimate of drug-likeness (QED) is 0.799. The van der Waals surface area contributed by atoms with Crippen LogP contribution in [0, 0.1) is 0 Å². The van der Waals surface area contributed by atoms with Crippen molar-refractivity contribution in [3.05, 3.63) is 0 Å². The zero-order valence-corrected chi connectivity index (χ0v) is 12.8. The molecule has 1 saturated heterocycles. The van der Waals surface area contributed by atoms with Gasteiger partial charge >= 0.3 is 0 Å². The predicted molar refractivity (Wildman–Crippen MR) is 83.4 cm³/mol. The van der Waals surface area contributed by atoms with E-state index in [0.29, 0.717) is 17.9 Å². The maximum atomic E-state index is 4.57. The van der Waals surface area contributed by atoms with Crippen molar-refractivity contribution >= 4 is 17.8 Å². The number of nitrogens with one attached hydrogen (secondary N) is 2. The van der Waals surface area contributed by atoms with Crippen LogP contribution in [0.5, 0.6) is 0 Å². The van der Waals surface area contributed by atoms with Gasteiger partial charge in [0.05, 0.1) is 0 Å². The van der Waals surface area contributed by atoms with Gasteiger partial charge in [-0.3, -0.25) is 0 Å². The van der Waals surface area contributed by atoms with Gasteiger partial charge in [-0.25, -0.2) is 0 Å². The summed E-state index contributed by atoms with van der Waals surface area (Å²) in [6, 6.07) is 0.378. The Morgan fingerprint density at radius 2 is 1.80 bits per heavy atom. The fourth-order valence-corrected chi connectivity index (χ4v) is 2.45. The van der Waals surface area contributed by atoms with Crippen LogP contribution >= 0.6 is 0 Å².